The summed E-state index contributed by atoms with van der Waals surface area (Å²) in [6.07, 6.45) is -4.75. The van der Waals surface area contributed by atoms with Crippen molar-refractivity contribution in [3.05, 3.63) is 35.4 Å². The van der Waals surface area contributed by atoms with Crippen LogP contribution >= 0.6 is 0 Å². The van der Waals surface area contributed by atoms with E-state index in [2.05, 4.69) is 31.9 Å². The quantitative estimate of drug-likeness (QED) is 0.141. The Kier molecular flexibility index (Phi) is 27.4. The zero-order valence-electron chi connectivity index (χ0n) is 51.4. The predicted molar refractivity (Wildman–Crippen MR) is 306 cm³/mol. The third-order valence-corrected chi connectivity index (χ3v) is 15.4. The summed E-state index contributed by atoms with van der Waals surface area (Å²) in [4.78, 5) is 150. The molecule has 0 saturated carbocycles. The molecule has 11 atom stereocenters. The monoisotopic (exact) mass is 1180 g/mol. The molecule has 0 aromatic heterocycles. The summed E-state index contributed by atoms with van der Waals surface area (Å²) in [7, 11) is 4.00. The van der Waals surface area contributed by atoms with Crippen LogP contribution in [0.1, 0.15) is 152 Å². The third-order valence-electron chi connectivity index (χ3n) is 15.4. The number of hydrogen-bond donors (Lipinski definition) is 7. The maximum Gasteiger partial charge on any atom is 0.416 e. The number of halogens is 3. The van der Waals surface area contributed by atoms with Gasteiger partial charge in [-0.3, -0.25) is 47.9 Å². The van der Waals surface area contributed by atoms with Gasteiger partial charge in [0.15, 0.2) is 0 Å². The summed E-state index contributed by atoms with van der Waals surface area (Å²) in [5.41, 5.74) is -0.839. The molecule has 0 unspecified atom stereocenters. The van der Waals surface area contributed by atoms with E-state index in [1.54, 1.807) is 41.5 Å². The molecule has 7 N–H and O–H groups in total. The highest BCUT2D eigenvalue weighted by Crippen LogP contribution is 2.29. The molecule has 1 aromatic rings. The van der Waals surface area contributed by atoms with E-state index in [0.29, 0.717) is 32.4 Å². The molecule has 0 aliphatic carbocycles. The maximum atomic E-state index is 14.9. The minimum atomic E-state index is -4.71. The highest BCUT2D eigenvalue weighted by Gasteiger charge is 2.42. The van der Waals surface area contributed by atoms with Gasteiger partial charge in [0.2, 0.25) is 59.1 Å². The number of carbonyl (C=O) groups excluding carboxylic acids is 10. The second kappa shape index (κ2) is 32.1. The number of rotatable bonds is 14. The molecular weight excluding hydrogens is 1080 g/mol. The normalized spacial score (nSPS) is 26.3. The summed E-state index contributed by atoms with van der Waals surface area (Å²) in [5.74, 6) is -9.49. The molecule has 2 aliphatic heterocycles. The molecule has 468 valence electrons. The number of likely N-dealkylation sites (tertiary alicyclic amines) is 1. The van der Waals surface area contributed by atoms with Crippen molar-refractivity contribution in [2.75, 3.05) is 34.2 Å². The first-order chi connectivity index (χ1) is 38.6. The van der Waals surface area contributed by atoms with E-state index in [9.17, 15) is 66.2 Å². The molecule has 0 spiro atoms. The number of aliphatic hydroxyl groups excluding tert-OH is 1. The van der Waals surface area contributed by atoms with E-state index in [4.69, 9.17) is 0 Å². The standard InChI is InChI=1S/C59H95F3N10O11/c1-16-36(10)48-57(82)70(14)45(28-34(6)7)53(78)65-42(30-39-20-22-40(23-21-39)59(60,61)62)51(76)68-49(38(12)73)58(83)71(15)46(29-35(8)9)54(79)66-43(56(81)72-24-18-17-19-25-72)31-47(74)63-37(11)55(80)69(13)44(27-33(4)5)52(77)64-41(26-32(2)3)50(75)67-48/h20-23,32-38,41-46,48-49,73H,16-19,24-31H2,1-15H3,(H,63,74)(H,64,77)(H,65,78)(H,66,79)(H,67,75)(H,68,76)/t36-,37-,38+,41-,42-,43-,44-,45-,46-,48-,49-/m0/s1. The lowest BCUT2D eigenvalue weighted by Crippen LogP contribution is -2.63. The first-order valence-corrected chi connectivity index (χ1v) is 29.3. The average molecular weight is 1180 g/mol. The smallest absolute Gasteiger partial charge is 0.391 e. The van der Waals surface area contributed by atoms with Crippen molar-refractivity contribution < 1.29 is 66.2 Å². The largest absolute Gasteiger partial charge is 0.416 e. The van der Waals surface area contributed by atoms with E-state index in [1.165, 1.54) is 44.8 Å². The van der Waals surface area contributed by atoms with Crippen LogP contribution in [0.5, 0.6) is 0 Å². The minimum absolute atomic E-state index is 0.00500. The Balaban J connectivity index is 2.34. The molecule has 83 heavy (non-hydrogen) atoms. The summed E-state index contributed by atoms with van der Waals surface area (Å²) in [5, 5.41) is 27.4. The molecule has 2 aliphatic rings. The van der Waals surface area contributed by atoms with Crippen molar-refractivity contribution >= 4 is 59.1 Å². The van der Waals surface area contributed by atoms with Crippen molar-refractivity contribution in [3.63, 3.8) is 0 Å². The van der Waals surface area contributed by atoms with Gasteiger partial charge < -0.3 is 56.6 Å². The molecule has 2 heterocycles. The Morgan fingerprint density at radius 3 is 1.43 bits per heavy atom. The van der Waals surface area contributed by atoms with Crippen molar-refractivity contribution in [2.24, 2.45) is 29.6 Å². The Hall–Kier alpha value is -6.33. The van der Waals surface area contributed by atoms with Crippen LogP contribution in [0.3, 0.4) is 0 Å². The first kappa shape index (κ1) is 70.9. The Morgan fingerprint density at radius 1 is 0.566 bits per heavy atom. The van der Waals surface area contributed by atoms with Crippen LogP contribution in [-0.2, 0) is 60.5 Å². The molecule has 2 saturated heterocycles. The summed E-state index contributed by atoms with van der Waals surface area (Å²) in [6.45, 7) is 21.2. The van der Waals surface area contributed by atoms with Crippen LogP contribution in [-0.4, -0.2) is 178 Å². The maximum absolute atomic E-state index is 14.9. The van der Waals surface area contributed by atoms with Gasteiger partial charge in [-0.05, 0) is 106 Å². The lowest BCUT2D eigenvalue weighted by Gasteiger charge is -2.36. The van der Waals surface area contributed by atoms with Crippen LogP contribution in [0.4, 0.5) is 13.2 Å². The highest BCUT2D eigenvalue weighted by atomic mass is 19.4. The Labute approximate surface area is 488 Å². The van der Waals surface area contributed by atoms with Gasteiger partial charge in [-0.2, -0.15) is 13.2 Å². The van der Waals surface area contributed by atoms with Crippen LogP contribution in [0.15, 0.2) is 24.3 Å². The van der Waals surface area contributed by atoms with Crippen molar-refractivity contribution in [1.29, 1.82) is 0 Å². The number of hydrogen-bond acceptors (Lipinski definition) is 11. The van der Waals surface area contributed by atoms with Gasteiger partial charge in [-0.25, -0.2) is 0 Å². The van der Waals surface area contributed by atoms with Gasteiger partial charge >= 0.3 is 6.18 Å². The van der Waals surface area contributed by atoms with Crippen LogP contribution in [0.25, 0.3) is 0 Å². The number of nitrogens with one attached hydrogen (secondary N) is 6. The SMILES string of the molecule is CC[C@H](C)[C@@H]1NC(=O)[C@H](CC(C)C)NC(=O)[C@H](CC(C)C)N(C)C(=O)[C@H](C)NC(=O)C[C@@H](C(=O)N2CCCCC2)NC(=O)[C@H](CC(C)C)N(C)C(=O)[C@H]([C@@H](C)O)NC(=O)[C@H](Cc2ccc(C(F)(F)F)cc2)NC(=O)[C@H](CC(C)C)N(C)C1=O. The number of aliphatic hydroxyl groups is 1. The molecule has 3 rings (SSSR count). The number of piperidine rings is 1. The number of benzene rings is 1. The number of amides is 10. The topological polar surface area (TPSA) is 276 Å². The lowest BCUT2D eigenvalue weighted by atomic mass is 9.94. The molecule has 2 fully saturated rings. The van der Waals surface area contributed by atoms with E-state index in [0.717, 1.165) is 40.5 Å². The van der Waals surface area contributed by atoms with Gasteiger partial charge in [0, 0.05) is 40.7 Å². The summed E-state index contributed by atoms with van der Waals surface area (Å²) < 4.78 is 41.2. The average Bonchev–Trinajstić information content (AvgIpc) is 3.53. The van der Waals surface area contributed by atoms with Gasteiger partial charge in [0.1, 0.15) is 54.4 Å². The zero-order chi connectivity index (χ0) is 63.0. The van der Waals surface area contributed by atoms with E-state index in [-0.39, 0.29) is 54.9 Å². The molecule has 10 amide bonds. The van der Waals surface area contributed by atoms with Gasteiger partial charge in [-0.1, -0.05) is 87.8 Å². The molecule has 1 aromatic carbocycles. The van der Waals surface area contributed by atoms with Crippen molar-refractivity contribution in [3.8, 4) is 0 Å². The van der Waals surface area contributed by atoms with Crippen LogP contribution < -0.4 is 31.9 Å². The summed E-state index contributed by atoms with van der Waals surface area (Å²) in [6, 6.07) is -8.87. The van der Waals surface area contributed by atoms with E-state index >= 15 is 0 Å². The van der Waals surface area contributed by atoms with Gasteiger partial charge in [-0.15, -0.1) is 0 Å². The second-order valence-electron chi connectivity index (χ2n) is 24.5. The molecule has 0 bridgehead atoms. The molecular formula is C59H95F3N10O11. The Morgan fingerprint density at radius 2 is 0.988 bits per heavy atom. The highest BCUT2D eigenvalue weighted by molar-refractivity contribution is 5.99. The van der Waals surface area contributed by atoms with Gasteiger partial charge in [0.25, 0.3) is 0 Å². The predicted octanol–water partition coefficient (Wildman–Crippen LogP) is 3.69. The molecule has 0 radical (unpaired) electrons. The lowest BCUT2D eigenvalue weighted by molar-refractivity contribution is -0.147. The van der Waals surface area contributed by atoms with Crippen LogP contribution in [0, 0.1) is 29.6 Å². The van der Waals surface area contributed by atoms with E-state index < -0.39 is 150 Å². The van der Waals surface area contributed by atoms with Gasteiger partial charge in [0.05, 0.1) is 18.1 Å². The second-order valence-corrected chi connectivity index (χ2v) is 24.5. The number of likely N-dealkylation sites (N-methyl/N-ethyl adjacent to an activating group) is 3. The van der Waals surface area contributed by atoms with Crippen molar-refractivity contribution in [2.45, 2.75) is 214 Å². The van der Waals surface area contributed by atoms with E-state index in [1.807, 2.05) is 27.7 Å². The first-order valence-electron chi connectivity index (χ1n) is 29.3. The number of nitrogens with zero attached hydrogens (tertiary/aromatic N) is 4. The minimum Gasteiger partial charge on any atom is -0.391 e. The Bertz CT molecular complexity index is 2400. The van der Waals surface area contributed by atoms with Crippen LogP contribution in [0.2, 0.25) is 0 Å². The fourth-order valence-corrected chi connectivity index (χ4v) is 10.3. The number of carbonyl (C=O) groups is 10. The fourth-order valence-electron chi connectivity index (χ4n) is 10.3. The van der Waals surface area contributed by atoms with Crippen molar-refractivity contribution in [1.82, 2.24) is 51.5 Å². The molecule has 21 nitrogen and oxygen atoms in total. The molecule has 24 heteroatoms. The third kappa shape index (κ3) is 21.1. The number of alkyl halides is 3. The zero-order valence-corrected chi connectivity index (χ0v) is 51.4. The summed E-state index contributed by atoms with van der Waals surface area (Å²) >= 11 is 0. The fraction of sp³-hybridized carbons (Fsp3) is 0.729.